The molecule has 0 saturated carbocycles. The number of hydrogen-bond donors (Lipinski definition) is 1. The Kier molecular flexibility index (Phi) is 5.53. The van der Waals surface area contributed by atoms with Crippen LogP contribution in [0.2, 0.25) is 0 Å². The van der Waals surface area contributed by atoms with Gasteiger partial charge in [-0.1, -0.05) is 6.92 Å². The molecule has 0 aliphatic rings. The zero-order valence-corrected chi connectivity index (χ0v) is 14.5. The molecule has 0 aliphatic carbocycles. The largest absolute Gasteiger partial charge is 0.309 e. The van der Waals surface area contributed by atoms with Gasteiger partial charge < -0.3 is 5.32 Å². The van der Waals surface area contributed by atoms with Gasteiger partial charge in [0.25, 0.3) is 0 Å². The topological polar surface area (TPSA) is 42.7 Å². The molecule has 1 N–H and O–H groups in total. The number of nitrogens with zero attached hydrogens (tertiary/aromatic N) is 3. The number of aryl methyl sites for hydroxylation is 2. The molecule has 0 amide bonds. The lowest BCUT2D eigenvalue weighted by Crippen LogP contribution is -2.24. The van der Waals surface area contributed by atoms with Gasteiger partial charge >= 0.3 is 0 Å². The minimum atomic E-state index is 0.312. The molecule has 0 aromatic carbocycles. The van der Waals surface area contributed by atoms with Crippen molar-refractivity contribution >= 4 is 11.3 Å². The first-order valence-electron chi connectivity index (χ1n) is 7.72. The van der Waals surface area contributed by atoms with Crippen LogP contribution in [0.1, 0.15) is 60.5 Å². The molecule has 0 spiro atoms. The van der Waals surface area contributed by atoms with Crippen molar-refractivity contribution in [3.63, 3.8) is 0 Å². The summed E-state index contributed by atoms with van der Waals surface area (Å²) in [5.74, 6) is 0. The molecule has 0 saturated heterocycles. The lowest BCUT2D eigenvalue weighted by molar-refractivity contribution is 0.501. The van der Waals surface area contributed by atoms with Crippen LogP contribution in [0.15, 0.2) is 12.3 Å². The third kappa shape index (κ3) is 4.14. The molecule has 2 heterocycles. The van der Waals surface area contributed by atoms with Crippen molar-refractivity contribution in [1.29, 1.82) is 0 Å². The summed E-state index contributed by atoms with van der Waals surface area (Å²) >= 11 is 1.80. The number of nitrogens with one attached hydrogen (secondary N) is 1. The molecular weight excluding hydrogens is 280 g/mol. The van der Waals surface area contributed by atoms with Crippen LogP contribution in [0, 0.1) is 13.8 Å². The van der Waals surface area contributed by atoms with E-state index < -0.39 is 0 Å². The zero-order chi connectivity index (χ0) is 15.4. The molecule has 0 bridgehead atoms. The Morgan fingerprint density at radius 2 is 2.10 bits per heavy atom. The number of thiazole rings is 1. The van der Waals surface area contributed by atoms with Crippen molar-refractivity contribution in [1.82, 2.24) is 20.1 Å². The average Bonchev–Trinajstić information content (AvgIpc) is 3.01. The van der Waals surface area contributed by atoms with Crippen LogP contribution in [0.3, 0.4) is 0 Å². The highest BCUT2D eigenvalue weighted by Crippen LogP contribution is 2.27. The minimum Gasteiger partial charge on any atom is -0.309 e. The van der Waals surface area contributed by atoms with Crippen LogP contribution < -0.4 is 5.32 Å². The smallest absolute Gasteiger partial charge is 0.0900 e. The summed E-state index contributed by atoms with van der Waals surface area (Å²) in [5, 5.41) is 9.47. The SMILES string of the molecule is CCCNC(Cc1ccn(C(C)C)n1)c1sc(C)nc1C. The van der Waals surface area contributed by atoms with E-state index in [1.165, 1.54) is 4.88 Å². The summed E-state index contributed by atoms with van der Waals surface area (Å²) in [6.45, 7) is 11.7. The van der Waals surface area contributed by atoms with Crippen LogP contribution in [0.4, 0.5) is 0 Å². The highest BCUT2D eigenvalue weighted by Gasteiger charge is 2.18. The fraction of sp³-hybridized carbons (Fsp3) is 0.625. The van der Waals surface area contributed by atoms with Crippen molar-refractivity contribution in [3.05, 3.63) is 33.5 Å². The van der Waals surface area contributed by atoms with Gasteiger partial charge in [-0.05, 0) is 46.7 Å². The van der Waals surface area contributed by atoms with E-state index in [1.54, 1.807) is 11.3 Å². The van der Waals surface area contributed by atoms with Crippen LogP contribution in [-0.2, 0) is 6.42 Å². The third-order valence-corrected chi connectivity index (χ3v) is 4.69. The second kappa shape index (κ2) is 7.18. The van der Waals surface area contributed by atoms with Gasteiger partial charge in [0.05, 0.1) is 16.4 Å². The van der Waals surface area contributed by atoms with Crippen LogP contribution in [0.5, 0.6) is 0 Å². The van der Waals surface area contributed by atoms with E-state index in [2.05, 4.69) is 62.3 Å². The lowest BCUT2D eigenvalue weighted by atomic mass is 10.1. The predicted molar refractivity (Wildman–Crippen MR) is 88.9 cm³/mol. The molecule has 2 aromatic rings. The molecule has 1 atom stereocenters. The highest BCUT2D eigenvalue weighted by atomic mass is 32.1. The first-order chi connectivity index (χ1) is 10.0. The molecular formula is C16H26N4S. The fourth-order valence-corrected chi connectivity index (χ4v) is 3.43. The van der Waals surface area contributed by atoms with Gasteiger partial charge in [-0.25, -0.2) is 4.98 Å². The van der Waals surface area contributed by atoms with E-state index in [0.717, 1.165) is 35.8 Å². The third-order valence-electron chi connectivity index (χ3n) is 3.50. The van der Waals surface area contributed by atoms with Gasteiger partial charge in [0.1, 0.15) is 0 Å². The monoisotopic (exact) mass is 306 g/mol. The maximum atomic E-state index is 4.68. The fourth-order valence-electron chi connectivity index (χ4n) is 2.43. The highest BCUT2D eigenvalue weighted by molar-refractivity contribution is 7.11. The Labute approximate surface area is 131 Å². The van der Waals surface area contributed by atoms with Crippen molar-refractivity contribution in [3.8, 4) is 0 Å². The molecule has 0 radical (unpaired) electrons. The van der Waals surface area contributed by atoms with Gasteiger partial charge in [0.15, 0.2) is 0 Å². The van der Waals surface area contributed by atoms with Gasteiger partial charge in [-0.15, -0.1) is 11.3 Å². The van der Waals surface area contributed by atoms with Crippen LogP contribution >= 0.6 is 11.3 Å². The molecule has 0 aliphatic heterocycles. The Morgan fingerprint density at radius 3 is 2.62 bits per heavy atom. The summed E-state index contributed by atoms with van der Waals surface area (Å²) < 4.78 is 2.02. The summed E-state index contributed by atoms with van der Waals surface area (Å²) in [7, 11) is 0. The normalized spacial score (nSPS) is 13.0. The minimum absolute atomic E-state index is 0.312. The first-order valence-corrected chi connectivity index (χ1v) is 8.54. The number of hydrogen-bond acceptors (Lipinski definition) is 4. The van der Waals surface area contributed by atoms with Crippen LogP contribution in [-0.4, -0.2) is 21.3 Å². The summed E-state index contributed by atoms with van der Waals surface area (Å²) in [6.07, 6.45) is 4.12. The molecule has 2 rings (SSSR count). The molecule has 1 unspecified atom stereocenters. The van der Waals surface area contributed by atoms with E-state index in [1.807, 2.05) is 4.68 Å². The van der Waals surface area contributed by atoms with Gasteiger partial charge in [0.2, 0.25) is 0 Å². The summed E-state index contributed by atoms with van der Waals surface area (Å²) in [4.78, 5) is 5.92. The van der Waals surface area contributed by atoms with E-state index >= 15 is 0 Å². The Balaban J connectivity index is 2.17. The second-order valence-corrected chi connectivity index (χ2v) is 7.01. The Hall–Kier alpha value is -1.20. The average molecular weight is 306 g/mol. The maximum Gasteiger partial charge on any atom is 0.0900 e. The number of aromatic nitrogens is 3. The van der Waals surface area contributed by atoms with E-state index in [-0.39, 0.29) is 0 Å². The van der Waals surface area contributed by atoms with Crippen molar-refractivity contribution in [2.45, 2.75) is 59.5 Å². The lowest BCUT2D eigenvalue weighted by Gasteiger charge is -2.16. The Bertz CT molecular complexity index is 571. The molecule has 0 fully saturated rings. The molecule has 116 valence electrons. The summed E-state index contributed by atoms with van der Waals surface area (Å²) in [6, 6.07) is 2.85. The standard InChI is InChI=1S/C16H26N4S/c1-6-8-17-15(16-12(4)18-13(5)21-16)10-14-7-9-20(19-14)11(2)3/h7,9,11,15,17H,6,8,10H2,1-5H3. The quantitative estimate of drug-likeness (QED) is 0.845. The molecule has 2 aromatic heterocycles. The molecule has 5 heteroatoms. The van der Waals surface area contributed by atoms with E-state index in [0.29, 0.717) is 12.1 Å². The molecule has 21 heavy (non-hydrogen) atoms. The Morgan fingerprint density at radius 1 is 1.33 bits per heavy atom. The molecule has 4 nitrogen and oxygen atoms in total. The van der Waals surface area contributed by atoms with Gasteiger partial charge in [-0.3, -0.25) is 4.68 Å². The van der Waals surface area contributed by atoms with Crippen molar-refractivity contribution < 1.29 is 0 Å². The van der Waals surface area contributed by atoms with E-state index in [9.17, 15) is 0 Å². The van der Waals surface area contributed by atoms with Crippen molar-refractivity contribution in [2.75, 3.05) is 6.54 Å². The zero-order valence-electron chi connectivity index (χ0n) is 13.7. The van der Waals surface area contributed by atoms with E-state index in [4.69, 9.17) is 0 Å². The first kappa shape index (κ1) is 16.2. The van der Waals surface area contributed by atoms with Crippen LogP contribution in [0.25, 0.3) is 0 Å². The van der Waals surface area contributed by atoms with Gasteiger partial charge in [0, 0.05) is 29.6 Å². The van der Waals surface area contributed by atoms with Crippen molar-refractivity contribution in [2.24, 2.45) is 0 Å². The van der Waals surface area contributed by atoms with Gasteiger partial charge in [-0.2, -0.15) is 5.10 Å². The second-order valence-electron chi connectivity index (χ2n) is 5.77. The number of rotatable bonds is 7. The predicted octanol–water partition coefficient (Wildman–Crippen LogP) is 3.82. The summed E-state index contributed by atoms with van der Waals surface area (Å²) in [5.41, 5.74) is 2.29. The maximum absolute atomic E-state index is 4.68.